The molecular formula is C17H18FN5O2. The summed E-state index contributed by atoms with van der Waals surface area (Å²) in [5, 5.41) is 10.7. The van der Waals surface area contributed by atoms with E-state index in [0.29, 0.717) is 36.5 Å². The lowest BCUT2D eigenvalue weighted by Crippen LogP contribution is -2.66. The number of benzene rings is 1. The molecule has 0 atom stereocenters. The van der Waals surface area contributed by atoms with Gasteiger partial charge in [-0.2, -0.15) is 0 Å². The molecule has 1 fully saturated rings. The summed E-state index contributed by atoms with van der Waals surface area (Å²) in [6, 6.07) is 4.09. The van der Waals surface area contributed by atoms with E-state index in [9.17, 15) is 14.0 Å². The minimum Gasteiger partial charge on any atom is -0.322 e. The van der Waals surface area contributed by atoms with Crippen molar-refractivity contribution in [1.29, 1.82) is 0 Å². The maximum absolute atomic E-state index is 13.6. The van der Waals surface area contributed by atoms with Crippen LogP contribution in [0.1, 0.15) is 31.9 Å². The summed E-state index contributed by atoms with van der Waals surface area (Å²) in [5.74, 6) is -0.935. The number of hydrogen-bond acceptors (Lipinski definition) is 4. The fraction of sp³-hybridized carbons (Fsp3) is 0.412. The minimum atomic E-state index is -0.872. The van der Waals surface area contributed by atoms with Gasteiger partial charge < -0.3 is 5.32 Å². The number of aryl methyl sites for hydroxylation is 1. The third-order valence-corrected chi connectivity index (χ3v) is 4.97. The SMILES string of the molecule is CCn1cc(CC(=O)N2c3ccc(F)cc3NC(=O)C23CCC3)nn1. The first kappa shape index (κ1) is 15.7. The fourth-order valence-electron chi connectivity index (χ4n) is 3.52. The number of carbonyl (C=O) groups is 2. The topological polar surface area (TPSA) is 80.1 Å². The van der Waals surface area contributed by atoms with E-state index < -0.39 is 11.4 Å². The molecule has 130 valence electrons. The second-order valence-corrected chi connectivity index (χ2v) is 6.47. The molecule has 7 nitrogen and oxygen atoms in total. The van der Waals surface area contributed by atoms with Gasteiger partial charge in [0.15, 0.2) is 0 Å². The molecule has 1 N–H and O–H groups in total. The van der Waals surface area contributed by atoms with Gasteiger partial charge in [-0.25, -0.2) is 4.39 Å². The van der Waals surface area contributed by atoms with E-state index in [4.69, 9.17) is 0 Å². The number of hydrogen-bond donors (Lipinski definition) is 1. The smallest absolute Gasteiger partial charge is 0.250 e. The summed E-state index contributed by atoms with van der Waals surface area (Å²) >= 11 is 0. The van der Waals surface area contributed by atoms with E-state index in [1.165, 1.54) is 17.0 Å². The Morgan fingerprint density at radius 1 is 1.40 bits per heavy atom. The zero-order valence-electron chi connectivity index (χ0n) is 13.8. The fourth-order valence-corrected chi connectivity index (χ4v) is 3.52. The van der Waals surface area contributed by atoms with Crippen LogP contribution in [0.5, 0.6) is 0 Å². The summed E-state index contributed by atoms with van der Waals surface area (Å²) < 4.78 is 15.2. The number of halogens is 1. The number of carbonyl (C=O) groups excluding carboxylic acids is 2. The standard InChI is InChI=1S/C17H18FN5O2/c1-2-22-10-12(20-21-22)9-15(24)23-14-5-4-11(18)8-13(14)19-16(25)17(23)6-3-7-17/h4-5,8,10H,2-3,6-7,9H2,1H3,(H,19,25). The van der Waals surface area contributed by atoms with Crippen molar-refractivity contribution in [3.05, 3.63) is 35.9 Å². The number of aromatic nitrogens is 3. The summed E-state index contributed by atoms with van der Waals surface area (Å²) in [5.41, 5.74) is 0.542. The van der Waals surface area contributed by atoms with Gasteiger partial charge in [-0.1, -0.05) is 5.21 Å². The van der Waals surface area contributed by atoms with Gasteiger partial charge in [0, 0.05) is 12.7 Å². The van der Waals surface area contributed by atoms with E-state index in [1.54, 1.807) is 16.9 Å². The van der Waals surface area contributed by atoms with Crippen molar-refractivity contribution in [2.75, 3.05) is 10.2 Å². The van der Waals surface area contributed by atoms with Crippen LogP contribution in [0.3, 0.4) is 0 Å². The first-order valence-corrected chi connectivity index (χ1v) is 8.36. The molecule has 4 rings (SSSR count). The van der Waals surface area contributed by atoms with E-state index >= 15 is 0 Å². The van der Waals surface area contributed by atoms with E-state index in [2.05, 4.69) is 15.6 Å². The first-order chi connectivity index (χ1) is 12.0. The van der Waals surface area contributed by atoms with Gasteiger partial charge in [0.1, 0.15) is 11.4 Å². The zero-order valence-corrected chi connectivity index (χ0v) is 13.8. The lowest BCUT2D eigenvalue weighted by atomic mass is 9.72. The van der Waals surface area contributed by atoms with Gasteiger partial charge in [-0.3, -0.25) is 19.2 Å². The van der Waals surface area contributed by atoms with E-state index in [-0.39, 0.29) is 18.2 Å². The number of nitrogens with one attached hydrogen (secondary N) is 1. The van der Waals surface area contributed by atoms with Crippen LogP contribution < -0.4 is 10.2 Å². The Balaban J connectivity index is 1.71. The maximum atomic E-state index is 13.6. The van der Waals surface area contributed by atoms with Gasteiger partial charge in [-0.15, -0.1) is 5.10 Å². The van der Waals surface area contributed by atoms with Crippen LogP contribution in [0.15, 0.2) is 24.4 Å². The minimum absolute atomic E-state index is 0.0475. The molecule has 1 aromatic heterocycles. The lowest BCUT2D eigenvalue weighted by Gasteiger charge is -2.51. The average molecular weight is 343 g/mol. The highest BCUT2D eigenvalue weighted by molar-refractivity contribution is 6.15. The van der Waals surface area contributed by atoms with Gasteiger partial charge in [0.2, 0.25) is 5.91 Å². The summed E-state index contributed by atoms with van der Waals surface area (Å²) in [4.78, 5) is 27.2. The van der Waals surface area contributed by atoms with Crippen LogP contribution in [0, 0.1) is 5.82 Å². The van der Waals surface area contributed by atoms with Crippen molar-refractivity contribution in [2.45, 2.75) is 44.7 Å². The van der Waals surface area contributed by atoms with E-state index in [1.807, 2.05) is 6.92 Å². The molecule has 1 aliphatic heterocycles. The lowest BCUT2D eigenvalue weighted by molar-refractivity contribution is -0.130. The van der Waals surface area contributed by atoms with Crippen molar-refractivity contribution in [3.8, 4) is 0 Å². The molecule has 8 heteroatoms. The second kappa shape index (κ2) is 5.65. The largest absolute Gasteiger partial charge is 0.322 e. The molecule has 0 bridgehead atoms. The number of anilines is 2. The monoisotopic (exact) mass is 343 g/mol. The Bertz CT molecular complexity index is 858. The predicted molar refractivity (Wildman–Crippen MR) is 88.5 cm³/mol. The summed E-state index contributed by atoms with van der Waals surface area (Å²) in [6.07, 6.45) is 3.85. The molecule has 1 aromatic carbocycles. The molecule has 25 heavy (non-hydrogen) atoms. The van der Waals surface area contributed by atoms with Crippen molar-refractivity contribution < 1.29 is 14.0 Å². The first-order valence-electron chi connectivity index (χ1n) is 8.36. The van der Waals surface area contributed by atoms with Crippen LogP contribution in [-0.4, -0.2) is 32.3 Å². The predicted octanol–water partition coefficient (Wildman–Crippen LogP) is 1.89. The molecule has 2 aliphatic rings. The van der Waals surface area contributed by atoms with Crippen molar-refractivity contribution in [1.82, 2.24) is 15.0 Å². The highest BCUT2D eigenvalue weighted by atomic mass is 19.1. The van der Waals surface area contributed by atoms with Gasteiger partial charge in [0.25, 0.3) is 5.91 Å². The molecule has 0 radical (unpaired) electrons. The Hall–Kier alpha value is -2.77. The molecule has 1 saturated carbocycles. The molecule has 2 aromatic rings. The van der Waals surface area contributed by atoms with E-state index in [0.717, 1.165) is 6.42 Å². The highest BCUT2D eigenvalue weighted by Crippen LogP contribution is 2.47. The van der Waals surface area contributed by atoms with Crippen molar-refractivity contribution in [2.24, 2.45) is 0 Å². The molecule has 0 saturated heterocycles. The summed E-state index contributed by atoms with van der Waals surface area (Å²) in [7, 11) is 0. The molecule has 1 aliphatic carbocycles. The summed E-state index contributed by atoms with van der Waals surface area (Å²) in [6.45, 7) is 2.60. The van der Waals surface area contributed by atoms with Crippen LogP contribution in [0.4, 0.5) is 15.8 Å². The maximum Gasteiger partial charge on any atom is 0.250 e. The quantitative estimate of drug-likeness (QED) is 0.923. The Kier molecular flexibility index (Phi) is 3.55. The molecule has 1 spiro atoms. The van der Waals surface area contributed by atoms with Crippen molar-refractivity contribution in [3.63, 3.8) is 0 Å². The van der Waals surface area contributed by atoms with Crippen LogP contribution in [-0.2, 0) is 22.6 Å². The Morgan fingerprint density at radius 2 is 2.20 bits per heavy atom. The normalized spacial score (nSPS) is 17.8. The molecule has 2 amide bonds. The zero-order chi connectivity index (χ0) is 17.6. The number of amides is 2. The van der Waals surface area contributed by atoms with Gasteiger partial charge >= 0.3 is 0 Å². The van der Waals surface area contributed by atoms with Crippen LogP contribution in [0.2, 0.25) is 0 Å². The number of nitrogens with zero attached hydrogens (tertiary/aromatic N) is 4. The highest BCUT2D eigenvalue weighted by Gasteiger charge is 2.54. The van der Waals surface area contributed by atoms with Crippen molar-refractivity contribution >= 4 is 23.2 Å². The average Bonchev–Trinajstić information content (AvgIpc) is 2.99. The number of rotatable bonds is 3. The third-order valence-electron chi connectivity index (χ3n) is 4.97. The second-order valence-electron chi connectivity index (χ2n) is 6.47. The third kappa shape index (κ3) is 2.40. The number of fused-ring (bicyclic) bond motifs is 1. The van der Waals surface area contributed by atoms with Crippen LogP contribution in [0.25, 0.3) is 0 Å². The molecular weight excluding hydrogens is 325 g/mol. The Morgan fingerprint density at radius 3 is 2.84 bits per heavy atom. The molecule has 0 unspecified atom stereocenters. The Labute approximate surface area is 143 Å². The van der Waals surface area contributed by atoms with Crippen LogP contribution >= 0.6 is 0 Å². The molecule has 2 heterocycles. The van der Waals surface area contributed by atoms with Gasteiger partial charge in [0.05, 0.1) is 23.5 Å². The van der Waals surface area contributed by atoms with Gasteiger partial charge in [-0.05, 0) is 44.4 Å².